The van der Waals surface area contributed by atoms with E-state index in [1.165, 1.54) is 23.4 Å². The molecule has 0 radical (unpaired) electrons. The van der Waals surface area contributed by atoms with Crippen LogP contribution in [-0.4, -0.2) is 27.7 Å². The molecule has 0 aliphatic carbocycles. The summed E-state index contributed by atoms with van der Waals surface area (Å²) in [4.78, 5) is 3.82. The first-order valence-electron chi connectivity index (χ1n) is 5.44. The molecule has 0 saturated heterocycles. The summed E-state index contributed by atoms with van der Waals surface area (Å²) < 4.78 is 29.5. The Bertz CT molecular complexity index is 736. The predicted octanol–water partition coefficient (Wildman–Crippen LogP) is 0.309. The van der Waals surface area contributed by atoms with Gasteiger partial charge in [0.1, 0.15) is 11.6 Å². The van der Waals surface area contributed by atoms with Gasteiger partial charge < -0.3 is 4.57 Å². The summed E-state index contributed by atoms with van der Waals surface area (Å²) >= 11 is 0. The van der Waals surface area contributed by atoms with Crippen LogP contribution in [0, 0.1) is 11.3 Å². The second-order valence-electron chi connectivity index (χ2n) is 3.79. The highest BCUT2D eigenvalue weighted by Crippen LogP contribution is 2.17. The molecule has 0 unspecified atom stereocenters. The van der Waals surface area contributed by atoms with Gasteiger partial charge in [0.25, 0.3) is 10.0 Å². The minimum atomic E-state index is -3.82. The third-order valence-corrected chi connectivity index (χ3v) is 3.76. The number of sulfonamides is 1. The van der Waals surface area contributed by atoms with E-state index >= 15 is 0 Å². The molecule has 0 spiro atoms. The molecule has 2 rings (SSSR count). The molecule has 9 heteroatoms. The van der Waals surface area contributed by atoms with Crippen molar-refractivity contribution in [1.82, 2.24) is 19.3 Å². The summed E-state index contributed by atoms with van der Waals surface area (Å²) in [7, 11) is -2.28. The Morgan fingerprint density at radius 3 is 2.84 bits per heavy atom. The fraction of sp³-hybridized carbons (Fsp3) is 0.300. The van der Waals surface area contributed by atoms with E-state index in [1.807, 2.05) is 13.0 Å². The van der Waals surface area contributed by atoms with Crippen molar-refractivity contribution in [2.24, 2.45) is 7.05 Å². The number of hydrogen-bond donors (Lipinski definition) is 1. The van der Waals surface area contributed by atoms with Crippen LogP contribution in [0.4, 0.5) is 5.82 Å². The van der Waals surface area contributed by atoms with Crippen LogP contribution in [0.1, 0.15) is 12.5 Å². The lowest BCUT2D eigenvalue weighted by atomic mass is 10.4. The van der Waals surface area contributed by atoms with Crippen LogP contribution in [0.25, 0.3) is 0 Å². The Morgan fingerprint density at radius 1 is 1.53 bits per heavy atom. The molecule has 0 aliphatic heterocycles. The maximum Gasteiger partial charge on any atom is 0.282 e. The molecule has 1 N–H and O–H groups in total. The van der Waals surface area contributed by atoms with Crippen LogP contribution in [0.3, 0.4) is 0 Å². The van der Waals surface area contributed by atoms with Crippen LogP contribution in [0.2, 0.25) is 0 Å². The highest BCUT2D eigenvalue weighted by atomic mass is 32.2. The molecule has 0 bridgehead atoms. The van der Waals surface area contributed by atoms with Crippen LogP contribution in [0.15, 0.2) is 23.7 Å². The quantitative estimate of drug-likeness (QED) is 0.867. The van der Waals surface area contributed by atoms with Crippen molar-refractivity contribution in [2.75, 3.05) is 4.72 Å². The monoisotopic (exact) mass is 280 g/mol. The highest BCUT2D eigenvalue weighted by Gasteiger charge is 2.21. The fourth-order valence-electron chi connectivity index (χ4n) is 1.47. The number of anilines is 1. The molecule has 8 nitrogen and oxygen atoms in total. The van der Waals surface area contributed by atoms with Crippen molar-refractivity contribution in [3.05, 3.63) is 24.3 Å². The Labute approximate surface area is 110 Å². The van der Waals surface area contributed by atoms with Crippen LogP contribution in [-0.2, 0) is 23.6 Å². The summed E-state index contributed by atoms with van der Waals surface area (Å²) in [6, 6.07) is 1.87. The first-order valence-corrected chi connectivity index (χ1v) is 6.93. The van der Waals surface area contributed by atoms with Crippen molar-refractivity contribution >= 4 is 15.8 Å². The number of nitriles is 1. The third kappa shape index (κ3) is 2.43. The molecule has 2 heterocycles. The van der Waals surface area contributed by atoms with Gasteiger partial charge in [0, 0.05) is 19.8 Å². The van der Waals surface area contributed by atoms with Gasteiger partial charge in [-0.1, -0.05) is 0 Å². The molecule has 2 aromatic rings. The molecule has 0 atom stereocenters. The summed E-state index contributed by atoms with van der Waals surface area (Å²) in [5.41, 5.74) is 0.154. The van der Waals surface area contributed by atoms with Crippen LogP contribution < -0.4 is 4.72 Å². The smallest absolute Gasteiger partial charge is 0.282 e. The number of imidazole rings is 1. The van der Waals surface area contributed by atoms with E-state index in [-0.39, 0.29) is 16.4 Å². The number of nitrogens with one attached hydrogen (secondary N) is 1. The first-order chi connectivity index (χ1) is 8.97. The van der Waals surface area contributed by atoms with Crippen molar-refractivity contribution in [1.29, 1.82) is 5.26 Å². The van der Waals surface area contributed by atoms with Crippen LogP contribution in [0.5, 0.6) is 0 Å². The summed E-state index contributed by atoms with van der Waals surface area (Å²) in [6.07, 6.45) is 4.15. The van der Waals surface area contributed by atoms with E-state index in [2.05, 4.69) is 14.8 Å². The van der Waals surface area contributed by atoms with Gasteiger partial charge in [-0.25, -0.2) is 4.98 Å². The molecule has 100 valence electrons. The van der Waals surface area contributed by atoms with E-state index in [9.17, 15) is 8.42 Å². The van der Waals surface area contributed by atoms with Gasteiger partial charge >= 0.3 is 0 Å². The summed E-state index contributed by atoms with van der Waals surface area (Å²) in [5, 5.41) is 12.6. The number of aryl methyl sites for hydroxylation is 2. The van der Waals surface area contributed by atoms with Crippen molar-refractivity contribution in [3.8, 4) is 6.07 Å². The Kier molecular flexibility index (Phi) is 3.26. The largest absolute Gasteiger partial charge is 0.336 e. The first kappa shape index (κ1) is 13.1. The topological polar surface area (TPSA) is 106 Å². The predicted molar refractivity (Wildman–Crippen MR) is 66.6 cm³/mol. The van der Waals surface area contributed by atoms with Gasteiger partial charge in [-0.05, 0) is 6.92 Å². The second kappa shape index (κ2) is 4.74. The zero-order valence-corrected chi connectivity index (χ0v) is 11.2. The molecule has 0 aromatic carbocycles. The third-order valence-electron chi connectivity index (χ3n) is 2.54. The lowest BCUT2D eigenvalue weighted by Gasteiger charge is -2.06. The van der Waals surface area contributed by atoms with Gasteiger partial charge in [-0.3, -0.25) is 9.40 Å². The average Bonchev–Trinajstić information content (AvgIpc) is 2.98. The Morgan fingerprint density at radius 2 is 2.26 bits per heavy atom. The number of rotatable bonds is 4. The number of nitrogens with zero attached hydrogens (tertiary/aromatic N) is 5. The van der Waals surface area contributed by atoms with E-state index < -0.39 is 10.0 Å². The highest BCUT2D eigenvalue weighted by molar-refractivity contribution is 7.92. The van der Waals surface area contributed by atoms with E-state index in [0.717, 1.165) is 0 Å². The lowest BCUT2D eigenvalue weighted by Crippen LogP contribution is -2.16. The summed E-state index contributed by atoms with van der Waals surface area (Å²) in [5.74, 6) is 0.119. The second-order valence-corrected chi connectivity index (χ2v) is 5.42. The van der Waals surface area contributed by atoms with Crippen molar-refractivity contribution in [2.45, 2.75) is 18.5 Å². The van der Waals surface area contributed by atoms with Gasteiger partial charge in [0.2, 0.25) is 0 Å². The fourth-order valence-corrected chi connectivity index (χ4v) is 2.53. The van der Waals surface area contributed by atoms with E-state index in [1.54, 1.807) is 11.6 Å². The van der Waals surface area contributed by atoms with Crippen molar-refractivity contribution < 1.29 is 8.42 Å². The summed E-state index contributed by atoms with van der Waals surface area (Å²) in [6.45, 7) is 2.50. The molecular weight excluding hydrogens is 268 g/mol. The molecule has 19 heavy (non-hydrogen) atoms. The van der Waals surface area contributed by atoms with E-state index in [4.69, 9.17) is 5.26 Å². The van der Waals surface area contributed by atoms with Gasteiger partial charge in [-0.2, -0.15) is 18.8 Å². The number of hydrogen-bond acceptors (Lipinski definition) is 5. The van der Waals surface area contributed by atoms with Gasteiger partial charge in [-0.15, -0.1) is 0 Å². The number of aromatic nitrogens is 4. The average molecular weight is 280 g/mol. The van der Waals surface area contributed by atoms with Crippen LogP contribution >= 0.6 is 0 Å². The van der Waals surface area contributed by atoms with Gasteiger partial charge in [0.15, 0.2) is 10.8 Å². The molecule has 0 amide bonds. The zero-order valence-electron chi connectivity index (χ0n) is 10.4. The van der Waals surface area contributed by atoms with E-state index in [0.29, 0.717) is 6.54 Å². The SMILES string of the molecule is CCn1cnc(S(=O)(=O)Nc2c(C#N)cnn2C)c1. The Hall–Kier alpha value is -2.34. The maximum atomic E-state index is 12.1. The maximum absolute atomic E-state index is 12.1. The van der Waals surface area contributed by atoms with Crippen molar-refractivity contribution in [3.63, 3.8) is 0 Å². The minimum Gasteiger partial charge on any atom is -0.336 e. The zero-order chi connectivity index (χ0) is 14.0. The molecule has 0 fully saturated rings. The van der Waals surface area contributed by atoms with Gasteiger partial charge in [0.05, 0.1) is 12.5 Å². The lowest BCUT2D eigenvalue weighted by molar-refractivity contribution is 0.597. The normalized spacial score (nSPS) is 11.2. The minimum absolute atomic E-state index is 0.0977. The Balaban J connectivity index is 2.36. The standard InChI is InChI=1S/C10H12N6O2S/c1-3-16-6-9(12-7-16)19(17,18)14-10-8(4-11)5-13-15(10)2/h5-7,14H,3H2,1-2H3. The molecule has 0 saturated carbocycles. The molecular formula is C10H12N6O2S. The molecule has 0 aliphatic rings. The molecule has 2 aromatic heterocycles.